The summed E-state index contributed by atoms with van der Waals surface area (Å²) in [5, 5.41) is 11.4. The predicted octanol–water partition coefficient (Wildman–Crippen LogP) is 2.34. The first kappa shape index (κ1) is 14.9. The lowest BCUT2D eigenvalue weighted by Gasteiger charge is -2.03. The Kier molecular flexibility index (Phi) is 4.16. The maximum absolute atomic E-state index is 12.2. The molecule has 114 valence electrons. The fourth-order valence-corrected chi connectivity index (χ4v) is 2.29. The van der Waals surface area contributed by atoms with Gasteiger partial charge in [-0.2, -0.15) is 10.2 Å². The van der Waals surface area contributed by atoms with Gasteiger partial charge in [-0.25, -0.2) is 10.5 Å². The Morgan fingerprint density at radius 3 is 2.74 bits per heavy atom. The number of carbonyl (C=O) groups is 1. The molecule has 0 aliphatic carbocycles. The second kappa shape index (κ2) is 6.41. The van der Waals surface area contributed by atoms with E-state index >= 15 is 0 Å². The monoisotopic (exact) mass is 326 g/mol. The molecule has 0 saturated carbocycles. The summed E-state index contributed by atoms with van der Waals surface area (Å²) in [6, 6.07) is 13.8. The van der Waals surface area contributed by atoms with E-state index in [1.807, 2.05) is 0 Å². The average Bonchev–Trinajstić information content (AvgIpc) is 2.55. The Hall–Kier alpha value is -2.99. The summed E-state index contributed by atoms with van der Waals surface area (Å²) in [5.74, 6) is -0.518. The van der Waals surface area contributed by atoms with Crippen molar-refractivity contribution in [3.63, 3.8) is 0 Å². The van der Waals surface area contributed by atoms with Gasteiger partial charge in [0.2, 0.25) is 0 Å². The number of halogens is 1. The van der Waals surface area contributed by atoms with E-state index in [-0.39, 0.29) is 11.3 Å². The minimum absolute atomic E-state index is 0.100. The van der Waals surface area contributed by atoms with Crippen molar-refractivity contribution in [2.24, 2.45) is 5.10 Å². The molecule has 0 radical (unpaired) electrons. The molecule has 3 aromatic rings. The van der Waals surface area contributed by atoms with Gasteiger partial charge in [0, 0.05) is 10.4 Å². The molecular formula is C16H11ClN4O2. The van der Waals surface area contributed by atoms with Gasteiger partial charge in [0.1, 0.15) is 0 Å². The first-order valence-corrected chi connectivity index (χ1v) is 7.09. The SMILES string of the molecule is O=C(N/N=C\c1cccc(Cl)c1)c1n[nH]c(=O)c2ccccc12. The van der Waals surface area contributed by atoms with Crippen LogP contribution >= 0.6 is 11.6 Å². The number of aromatic amines is 1. The van der Waals surface area contributed by atoms with E-state index in [2.05, 4.69) is 20.7 Å². The molecule has 3 rings (SSSR count). The van der Waals surface area contributed by atoms with E-state index < -0.39 is 5.91 Å². The number of benzene rings is 2. The van der Waals surface area contributed by atoms with Crippen LogP contribution in [0.1, 0.15) is 16.1 Å². The van der Waals surface area contributed by atoms with Crippen LogP contribution in [0.5, 0.6) is 0 Å². The summed E-state index contributed by atoms with van der Waals surface area (Å²) >= 11 is 5.87. The third kappa shape index (κ3) is 3.27. The molecule has 23 heavy (non-hydrogen) atoms. The van der Waals surface area contributed by atoms with Gasteiger partial charge < -0.3 is 0 Å². The number of carbonyl (C=O) groups excluding carboxylic acids is 1. The third-order valence-electron chi connectivity index (χ3n) is 3.14. The maximum atomic E-state index is 12.2. The number of hydrogen-bond donors (Lipinski definition) is 2. The normalized spacial score (nSPS) is 11.0. The van der Waals surface area contributed by atoms with Crippen molar-refractivity contribution in [3.05, 3.63) is 75.2 Å². The molecule has 2 aromatic carbocycles. The molecule has 7 heteroatoms. The number of aromatic nitrogens is 2. The fraction of sp³-hybridized carbons (Fsp3) is 0. The summed E-state index contributed by atoms with van der Waals surface area (Å²) in [6.45, 7) is 0. The quantitative estimate of drug-likeness (QED) is 0.572. The molecule has 0 spiro atoms. The van der Waals surface area contributed by atoms with E-state index in [1.165, 1.54) is 6.21 Å². The van der Waals surface area contributed by atoms with Crippen LogP contribution in [-0.4, -0.2) is 22.3 Å². The van der Waals surface area contributed by atoms with Crippen LogP contribution in [0.2, 0.25) is 5.02 Å². The van der Waals surface area contributed by atoms with Crippen molar-refractivity contribution in [3.8, 4) is 0 Å². The van der Waals surface area contributed by atoms with Gasteiger partial charge in [0.25, 0.3) is 11.5 Å². The second-order valence-electron chi connectivity index (χ2n) is 4.70. The summed E-state index contributed by atoms with van der Waals surface area (Å²) in [7, 11) is 0. The zero-order valence-electron chi connectivity index (χ0n) is 11.8. The number of rotatable bonds is 3. The first-order valence-electron chi connectivity index (χ1n) is 6.71. The molecule has 0 unspecified atom stereocenters. The Morgan fingerprint density at radius 1 is 1.17 bits per heavy atom. The van der Waals surface area contributed by atoms with Gasteiger partial charge in [-0.1, -0.05) is 41.9 Å². The van der Waals surface area contributed by atoms with Crippen molar-refractivity contribution >= 4 is 34.5 Å². The van der Waals surface area contributed by atoms with Crippen molar-refractivity contribution in [1.29, 1.82) is 0 Å². The zero-order chi connectivity index (χ0) is 16.2. The Morgan fingerprint density at radius 2 is 1.96 bits per heavy atom. The first-order chi connectivity index (χ1) is 11.1. The Bertz CT molecular complexity index is 965. The van der Waals surface area contributed by atoms with Gasteiger partial charge in [-0.15, -0.1) is 0 Å². The number of hydrogen-bond acceptors (Lipinski definition) is 4. The van der Waals surface area contributed by atoms with Crippen molar-refractivity contribution in [2.75, 3.05) is 0 Å². The minimum atomic E-state index is -0.518. The maximum Gasteiger partial charge on any atom is 0.292 e. The molecular weight excluding hydrogens is 316 g/mol. The van der Waals surface area contributed by atoms with Gasteiger partial charge in [0.05, 0.1) is 11.6 Å². The highest BCUT2D eigenvalue weighted by molar-refractivity contribution is 6.30. The Balaban J connectivity index is 1.84. The second-order valence-corrected chi connectivity index (χ2v) is 5.14. The number of fused-ring (bicyclic) bond motifs is 1. The lowest BCUT2D eigenvalue weighted by Crippen LogP contribution is -2.22. The zero-order valence-corrected chi connectivity index (χ0v) is 12.5. The van der Waals surface area contributed by atoms with Crippen LogP contribution in [-0.2, 0) is 0 Å². The Labute approximate surface area is 135 Å². The lowest BCUT2D eigenvalue weighted by atomic mass is 10.1. The van der Waals surface area contributed by atoms with Crippen LogP contribution in [0.25, 0.3) is 10.8 Å². The van der Waals surface area contributed by atoms with Crippen molar-refractivity contribution in [2.45, 2.75) is 0 Å². The van der Waals surface area contributed by atoms with Crippen LogP contribution in [0.15, 0.2) is 58.4 Å². The number of H-pyrrole nitrogens is 1. The van der Waals surface area contributed by atoms with E-state index in [0.717, 1.165) is 5.56 Å². The average molecular weight is 327 g/mol. The van der Waals surface area contributed by atoms with Crippen molar-refractivity contribution in [1.82, 2.24) is 15.6 Å². The molecule has 1 heterocycles. The summed E-state index contributed by atoms with van der Waals surface area (Å²) in [4.78, 5) is 23.9. The van der Waals surface area contributed by atoms with E-state index in [4.69, 9.17) is 11.6 Å². The highest BCUT2D eigenvalue weighted by Gasteiger charge is 2.12. The summed E-state index contributed by atoms with van der Waals surface area (Å²) in [6.07, 6.45) is 1.47. The van der Waals surface area contributed by atoms with Crippen LogP contribution in [0, 0.1) is 0 Å². The summed E-state index contributed by atoms with van der Waals surface area (Å²) < 4.78 is 0. The largest absolute Gasteiger partial charge is 0.292 e. The smallest absolute Gasteiger partial charge is 0.267 e. The molecule has 0 fully saturated rings. The molecule has 1 amide bonds. The van der Waals surface area contributed by atoms with E-state index in [0.29, 0.717) is 15.8 Å². The number of hydrazone groups is 1. The summed E-state index contributed by atoms with van der Waals surface area (Å²) in [5.41, 5.74) is 2.88. The molecule has 0 atom stereocenters. The molecule has 0 aliphatic heterocycles. The predicted molar refractivity (Wildman–Crippen MR) is 88.9 cm³/mol. The molecule has 6 nitrogen and oxygen atoms in total. The molecule has 1 aromatic heterocycles. The standard InChI is InChI=1S/C16H11ClN4O2/c17-11-5-3-4-10(8-11)9-18-20-16(23)14-12-6-1-2-7-13(12)15(22)21-19-14/h1-9H,(H,20,23)(H,21,22)/b18-9-. The number of nitrogens with zero attached hydrogens (tertiary/aromatic N) is 2. The van der Waals surface area contributed by atoms with Gasteiger partial charge in [-0.05, 0) is 23.8 Å². The highest BCUT2D eigenvalue weighted by atomic mass is 35.5. The molecule has 0 aliphatic rings. The fourth-order valence-electron chi connectivity index (χ4n) is 2.09. The topological polar surface area (TPSA) is 87.2 Å². The molecule has 0 saturated heterocycles. The van der Waals surface area contributed by atoms with Crippen LogP contribution in [0.3, 0.4) is 0 Å². The molecule has 2 N–H and O–H groups in total. The van der Waals surface area contributed by atoms with Crippen molar-refractivity contribution < 1.29 is 4.79 Å². The lowest BCUT2D eigenvalue weighted by molar-refractivity contribution is 0.0951. The molecule has 0 bridgehead atoms. The van der Waals surface area contributed by atoms with E-state index in [9.17, 15) is 9.59 Å². The van der Waals surface area contributed by atoms with Gasteiger partial charge in [0.15, 0.2) is 5.69 Å². The van der Waals surface area contributed by atoms with Gasteiger partial charge >= 0.3 is 0 Å². The number of amides is 1. The van der Waals surface area contributed by atoms with Crippen LogP contribution in [0.4, 0.5) is 0 Å². The minimum Gasteiger partial charge on any atom is -0.267 e. The third-order valence-corrected chi connectivity index (χ3v) is 3.37. The highest BCUT2D eigenvalue weighted by Crippen LogP contribution is 2.12. The van der Waals surface area contributed by atoms with Gasteiger partial charge in [-0.3, -0.25) is 9.59 Å². The van der Waals surface area contributed by atoms with Crippen LogP contribution < -0.4 is 11.0 Å². The number of nitrogens with one attached hydrogen (secondary N) is 2. The van der Waals surface area contributed by atoms with E-state index in [1.54, 1.807) is 48.5 Å².